The Labute approximate surface area is 133 Å². The van der Waals surface area contributed by atoms with E-state index in [0.717, 1.165) is 31.7 Å². The van der Waals surface area contributed by atoms with Crippen LogP contribution in [0.1, 0.15) is 35.6 Å². The lowest BCUT2D eigenvalue weighted by molar-refractivity contribution is 0.145. The zero-order chi connectivity index (χ0) is 15.7. The summed E-state index contributed by atoms with van der Waals surface area (Å²) in [5.41, 5.74) is 7.67. The predicted octanol–water partition coefficient (Wildman–Crippen LogP) is 2.84. The molecule has 0 amide bonds. The van der Waals surface area contributed by atoms with Gasteiger partial charge in [-0.15, -0.1) is 0 Å². The van der Waals surface area contributed by atoms with Crippen molar-refractivity contribution in [3.63, 3.8) is 0 Å². The maximum atomic E-state index is 5.26. The van der Waals surface area contributed by atoms with Gasteiger partial charge in [-0.05, 0) is 57.5 Å². The number of nitrogens with zero attached hydrogens (tertiary/aromatic N) is 1. The smallest absolute Gasteiger partial charge is 0.186 e. The molecule has 1 aromatic carbocycles. The topological polar surface area (TPSA) is 45.6 Å². The van der Waals surface area contributed by atoms with Gasteiger partial charge >= 0.3 is 0 Å². The summed E-state index contributed by atoms with van der Waals surface area (Å²) in [4.78, 5) is 0. The summed E-state index contributed by atoms with van der Waals surface area (Å²) in [5, 5.41) is 7.82. The van der Waals surface area contributed by atoms with Crippen LogP contribution in [0.25, 0.3) is 0 Å². The Kier molecular flexibility index (Phi) is 7.93. The summed E-state index contributed by atoms with van der Waals surface area (Å²) in [5.74, 6) is 0. The van der Waals surface area contributed by atoms with Crippen LogP contribution >= 0.6 is 12.2 Å². The number of hydrogen-bond acceptors (Lipinski definition) is 3. The minimum atomic E-state index is 0.533. The number of hydrogen-bond donors (Lipinski definition) is 2. The molecular weight excluding hydrogens is 282 g/mol. The Bertz CT molecular complexity index is 477. The number of ether oxygens (including phenoxy) is 1. The standard InChI is InChI=1S/C16H25N3OS/c1-5-20-8-6-7-17-16(21)19-18-11-15-13(3)9-12(2)10-14(15)4/h9-11H,5-8H2,1-4H3,(H2,17,19,21)/b18-11-. The van der Waals surface area contributed by atoms with Gasteiger partial charge in [-0.3, -0.25) is 5.43 Å². The molecule has 0 aromatic heterocycles. The molecule has 1 aromatic rings. The average molecular weight is 307 g/mol. The first-order chi connectivity index (χ1) is 10.0. The van der Waals surface area contributed by atoms with Crippen molar-refractivity contribution < 1.29 is 4.74 Å². The Morgan fingerprint density at radius 2 is 1.95 bits per heavy atom. The number of benzene rings is 1. The minimum absolute atomic E-state index is 0.533. The highest BCUT2D eigenvalue weighted by atomic mass is 32.1. The van der Waals surface area contributed by atoms with Crippen LogP contribution in [-0.2, 0) is 4.74 Å². The van der Waals surface area contributed by atoms with Crippen LogP contribution in [0.4, 0.5) is 0 Å². The van der Waals surface area contributed by atoms with E-state index in [1.807, 2.05) is 13.1 Å². The van der Waals surface area contributed by atoms with E-state index in [2.05, 4.69) is 48.7 Å². The molecule has 0 saturated carbocycles. The van der Waals surface area contributed by atoms with Crippen molar-refractivity contribution in [1.82, 2.24) is 10.7 Å². The highest BCUT2D eigenvalue weighted by Gasteiger charge is 2.01. The third-order valence-corrected chi connectivity index (χ3v) is 3.29. The number of rotatable bonds is 7. The van der Waals surface area contributed by atoms with E-state index in [4.69, 9.17) is 17.0 Å². The van der Waals surface area contributed by atoms with Gasteiger partial charge in [0.25, 0.3) is 0 Å². The van der Waals surface area contributed by atoms with E-state index in [1.54, 1.807) is 0 Å². The Hall–Kier alpha value is -1.46. The lowest BCUT2D eigenvalue weighted by Gasteiger charge is -2.08. The van der Waals surface area contributed by atoms with Crippen molar-refractivity contribution in [2.75, 3.05) is 19.8 Å². The first-order valence-corrected chi connectivity index (χ1v) is 7.68. The second-order valence-corrected chi connectivity index (χ2v) is 5.40. The lowest BCUT2D eigenvalue weighted by Crippen LogP contribution is -2.33. The van der Waals surface area contributed by atoms with E-state index in [9.17, 15) is 0 Å². The van der Waals surface area contributed by atoms with Gasteiger partial charge in [-0.1, -0.05) is 17.7 Å². The van der Waals surface area contributed by atoms with Crippen LogP contribution < -0.4 is 10.7 Å². The first kappa shape index (κ1) is 17.6. The van der Waals surface area contributed by atoms with Gasteiger partial charge in [0, 0.05) is 25.3 Å². The maximum absolute atomic E-state index is 5.26. The van der Waals surface area contributed by atoms with E-state index >= 15 is 0 Å². The summed E-state index contributed by atoms with van der Waals surface area (Å²) in [6, 6.07) is 4.30. The first-order valence-electron chi connectivity index (χ1n) is 7.27. The van der Waals surface area contributed by atoms with Gasteiger partial charge in [0.05, 0.1) is 6.21 Å². The van der Waals surface area contributed by atoms with Gasteiger partial charge in [0.1, 0.15) is 0 Å². The fraction of sp³-hybridized carbons (Fsp3) is 0.500. The summed E-state index contributed by atoms with van der Waals surface area (Å²) in [7, 11) is 0. The van der Waals surface area contributed by atoms with Crippen molar-refractivity contribution >= 4 is 23.5 Å². The highest BCUT2D eigenvalue weighted by molar-refractivity contribution is 7.80. The van der Waals surface area contributed by atoms with Crippen LogP contribution in [0.5, 0.6) is 0 Å². The second kappa shape index (κ2) is 9.47. The number of thiocarbonyl (C=S) groups is 1. The molecule has 0 spiro atoms. The zero-order valence-corrected chi connectivity index (χ0v) is 14.1. The molecule has 0 atom stereocenters. The third kappa shape index (κ3) is 6.69. The normalized spacial score (nSPS) is 10.9. The van der Waals surface area contributed by atoms with Crippen molar-refractivity contribution in [2.45, 2.75) is 34.1 Å². The molecule has 0 heterocycles. The maximum Gasteiger partial charge on any atom is 0.186 e. The van der Waals surface area contributed by atoms with Gasteiger partial charge in [0.2, 0.25) is 0 Å². The monoisotopic (exact) mass is 307 g/mol. The molecular formula is C16H25N3OS. The third-order valence-electron chi connectivity index (χ3n) is 3.05. The minimum Gasteiger partial charge on any atom is -0.382 e. The summed E-state index contributed by atoms with van der Waals surface area (Å²) in [6.45, 7) is 10.5. The molecule has 2 N–H and O–H groups in total. The molecule has 5 heteroatoms. The molecule has 1 rings (SSSR count). The molecule has 21 heavy (non-hydrogen) atoms. The van der Waals surface area contributed by atoms with Crippen LogP contribution in [0.3, 0.4) is 0 Å². The van der Waals surface area contributed by atoms with E-state index in [1.165, 1.54) is 16.7 Å². The van der Waals surface area contributed by atoms with E-state index in [0.29, 0.717) is 5.11 Å². The van der Waals surface area contributed by atoms with Crippen LogP contribution in [-0.4, -0.2) is 31.1 Å². The molecule has 116 valence electrons. The second-order valence-electron chi connectivity index (χ2n) is 4.99. The SMILES string of the molecule is CCOCCCNC(=S)N/N=C\c1c(C)cc(C)cc1C. The zero-order valence-electron chi connectivity index (χ0n) is 13.3. The fourth-order valence-electron chi connectivity index (χ4n) is 2.11. The fourth-order valence-corrected chi connectivity index (χ4v) is 2.27. The molecule has 0 radical (unpaired) electrons. The average Bonchev–Trinajstić information content (AvgIpc) is 2.41. The van der Waals surface area contributed by atoms with Crippen molar-refractivity contribution in [1.29, 1.82) is 0 Å². The molecule has 0 fully saturated rings. The number of nitrogens with one attached hydrogen (secondary N) is 2. The van der Waals surface area contributed by atoms with Gasteiger partial charge in [-0.25, -0.2) is 0 Å². The van der Waals surface area contributed by atoms with Gasteiger partial charge in [-0.2, -0.15) is 5.10 Å². The predicted molar refractivity (Wildman–Crippen MR) is 93.1 cm³/mol. The Morgan fingerprint density at radius 1 is 1.29 bits per heavy atom. The molecule has 0 aliphatic carbocycles. The highest BCUT2D eigenvalue weighted by Crippen LogP contribution is 2.13. The van der Waals surface area contributed by atoms with Gasteiger partial charge < -0.3 is 10.1 Å². The Morgan fingerprint density at radius 3 is 2.57 bits per heavy atom. The lowest BCUT2D eigenvalue weighted by atomic mass is 10.0. The molecule has 0 unspecified atom stereocenters. The molecule has 0 bridgehead atoms. The van der Waals surface area contributed by atoms with Crippen LogP contribution in [0.2, 0.25) is 0 Å². The van der Waals surface area contributed by atoms with Crippen LogP contribution in [0.15, 0.2) is 17.2 Å². The van der Waals surface area contributed by atoms with Crippen LogP contribution in [0, 0.1) is 20.8 Å². The largest absolute Gasteiger partial charge is 0.382 e. The molecule has 0 aliphatic rings. The van der Waals surface area contributed by atoms with Crippen molar-refractivity contribution in [3.8, 4) is 0 Å². The molecule has 0 aliphatic heterocycles. The summed E-state index contributed by atoms with van der Waals surface area (Å²) < 4.78 is 5.26. The molecule has 0 saturated heterocycles. The van der Waals surface area contributed by atoms with E-state index in [-0.39, 0.29) is 0 Å². The van der Waals surface area contributed by atoms with Crippen molar-refractivity contribution in [2.24, 2.45) is 5.10 Å². The van der Waals surface area contributed by atoms with Gasteiger partial charge in [0.15, 0.2) is 5.11 Å². The Balaban J connectivity index is 2.39. The quantitative estimate of drug-likeness (QED) is 0.352. The molecule has 4 nitrogen and oxygen atoms in total. The summed E-state index contributed by atoms with van der Waals surface area (Å²) >= 11 is 5.16. The number of aryl methyl sites for hydroxylation is 3. The summed E-state index contributed by atoms with van der Waals surface area (Å²) in [6.07, 6.45) is 2.74. The van der Waals surface area contributed by atoms with Crippen molar-refractivity contribution in [3.05, 3.63) is 34.4 Å². The number of hydrazone groups is 1. The van der Waals surface area contributed by atoms with E-state index < -0.39 is 0 Å².